The van der Waals surface area contributed by atoms with Gasteiger partial charge in [0.1, 0.15) is 0 Å². The monoisotopic (exact) mass is 390 g/mol. The van der Waals surface area contributed by atoms with Gasteiger partial charge in [-0.2, -0.15) is 11.1 Å². The summed E-state index contributed by atoms with van der Waals surface area (Å²) in [6.07, 6.45) is 21.3. The number of unbranched alkanes of at least 4 members (excludes halogenated alkanes) is 2. The van der Waals surface area contributed by atoms with Crippen LogP contribution in [0.1, 0.15) is 79.1 Å². The molecule has 128 valence electrons. The van der Waals surface area contributed by atoms with E-state index in [4.69, 9.17) is 0 Å². The summed E-state index contributed by atoms with van der Waals surface area (Å²) in [5.41, 5.74) is 5.65. The van der Waals surface area contributed by atoms with Gasteiger partial charge in [-0.05, 0) is 0 Å². The minimum absolute atomic E-state index is 0. The molecule has 0 heterocycles. The van der Waals surface area contributed by atoms with Gasteiger partial charge in [-0.25, -0.2) is 35.5 Å². The van der Waals surface area contributed by atoms with Crippen LogP contribution in [-0.2, 0) is 26.2 Å². The summed E-state index contributed by atoms with van der Waals surface area (Å²) in [6.45, 7) is 8.71. The molecule has 0 saturated heterocycles. The van der Waals surface area contributed by atoms with Crippen molar-refractivity contribution in [3.63, 3.8) is 0 Å². The van der Waals surface area contributed by atoms with E-state index in [-0.39, 0.29) is 41.1 Å². The second kappa shape index (κ2) is 16.7. The number of rotatable bonds is 6. The molecule has 0 aromatic carbocycles. The fraction of sp³-hybridized carbons (Fsp3) is 0.545. The van der Waals surface area contributed by atoms with Gasteiger partial charge >= 0.3 is 26.2 Å². The van der Waals surface area contributed by atoms with Crippen LogP contribution in [0.3, 0.4) is 0 Å². The molecule has 1 heteroatoms. The van der Waals surface area contributed by atoms with Crippen molar-refractivity contribution in [2.45, 2.75) is 79.1 Å². The zero-order valence-corrected chi connectivity index (χ0v) is 18.8. The average molecular weight is 392 g/mol. The summed E-state index contributed by atoms with van der Waals surface area (Å²) in [7, 11) is 0. The maximum absolute atomic E-state index is 3.37. The molecular weight excluding hydrogens is 355 g/mol. The molecule has 23 heavy (non-hydrogen) atoms. The molecule has 0 aliphatic heterocycles. The first-order valence-electron chi connectivity index (χ1n) is 8.22. The Morgan fingerprint density at radius 3 is 1.35 bits per heavy atom. The van der Waals surface area contributed by atoms with Gasteiger partial charge in [0.15, 0.2) is 0 Å². The van der Waals surface area contributed by atoms with E-state index in [0.717, 1.165) is 12.8 Å². The minimum Gasteiger partial charge on any atom is -0.358 e. The predicted molar refractivity (Wildman–Crippen MR) is 102 cm³/mol. The van der Waals surface area contributed by atoms with E-state index in [1.807, 2.05) is 0 Å². The van der Waals surface area contributed by atoms with Crippen molar-refractivity contribution in [1.82, 2.24) is 0 Å². The quantitative estimate of drug-likeness (QED) is 0.413. The SMILES string of the molecule is CCCCC1=[C-]C(C)=CC1.CCCCC1=[C-]C(C)=CC1.[CH3-].[CH3-].[Zr+4]. The summed E-state index contributed by atoms with van der Waals surface area (Å²) >= 11 is 0. The molecule has 0 amide bonds. The van der Waals surface area contributed by atoms with Gasteiger partial charge in [0.05, 0.1) is 0 Å². The first-order chi connectivity index (χ1) is 9.65. The van der Waals surface area contributed by atoms with Crippen LogP contribution in [0.5, 0.6) is 0 Å². The molecule has 0 nitrogen and oxygen atoms in total. The Morgan fingerprint density at radius 2 is 1.13 bits per heavy atom. The van der Waals surface area contributed by atoms with Gasteiger partial charge in [-0.3, -0.25) is 0 Å². The van der Waals surface area contributed by atoms with E-state index in [1.54, 1.807) is 0 Å². The van der Waals surface area contributed by atoms with Crippen LogP contribution in [0.15, 0.2) is 34.4 Å². The predicted octanol–water partition coefficient (Wildman–Crippen LogP) is 7.41. The Morgan fingerprint density at radius 1 is 0.783 bits per heavy atom. The van der Waals surface area contributed by atoms with Crippen LogP contribution in [0, 0.1) is 27.0 Å². The fourth-order valence-electron chi connectivity index (χ4n) is 2.42. The van der Waals surface area contributed by atoms with Crippen LogP contribution >= 0.6 is 0 Å². The van der Waals surface area contributed by atoms with E-state index >= 15 is 0 Å². The molecule has 0 saturated carbocycles. The smallest absolute Gasteiger partial charge is 0.358 e. The molecule has 0 atom stereocenters. The molecule has 0 aromatic rings. The molecule has 0 aromatic heterocycles. The third-order valence-electron chi connectivity index (χ3n) is 3.72. The zero-order valence-electron chi connectivity index (χ0n) is 16.3. The molecule has 2 rings (SSSR count). The first kappa shape index (κ1) is 27.7. The first-order valence-corrected chi connectivity index (χ1v) is 8.22. The molecule has 0 unspecified atom stereocenters. The van der Waals surface area contributed by atoms with E-state index in [9.17, 15) is 0 Å². The zero-order chi connectivity index (χ0) is 14.8. The van der Waals surface area contributed by atoms with Crippen LogP contribution in [0.4, 0.5) is 0 Å². The molecule has 0 radical (unpaired) electrons. The summed E-state index contributed by atoms with van der Waals surface area (Å²) in [6, 6.07) is 0. The number of hydrogen-bond acceptors (Lipinski definition) is 0. The Kier molecular flexibility index (Phi) is 20.1. The Bertz CT molecular complexity index is 368. The van der Waals surface area contributed by atoms with Gasteiger partial charge < -0.3 is 14.9 Å². The molecule has 0 fully saturated rings. The summed E-state index contributed by atoms with van der Waals surface area (Å²) < 4.78 is 0. The normalized spacial score (nSPS) is 14.8. The molecule has 0 bridgehead atoms. The second-order valence-electron chi connectivity index (χ2n) is 5.85. The topological polar surface area (TPSA) is 0 Å². The van der Waals surface area contributed by atoms with Crippen LogP contribution in [0.2, 0.25) is 0 Å². The van der Waals surface area contributed by atoms with E-state index in [1.165, 1.54) is 60.8 Å². The third kappa shape index (κ3) is 12.9. The standard InChI is InChI=1S/2C10H15.2CH3.Zr/c2*1-3-4-5-10-7-6-9(2)8-10;;;/h2*6H,3-5,7H2,1-2H3;2*1H3;/q4*-1;+4. The van der Waals surface area contributed by atoms with E-state index in [0.29, 0.717) is 0 Å². The molecule has 0 spiro atoms. The second-order valence-corrected chi connectivity index (χ2v) is 5.85. The molecule has 0 N–H and O–H groups in total. The van der Waals surface area contributed by atoms with Gasteiger partial charge in [-0.15, -0.1) is 0 Å². The Labute approximate surface area is 166 Å². The van der Waals surface area contributed by atoms with Crippen molar-refractivity contribution >= 4 is 0 Å². The molecule has 2 aliphatic rings. The van der Waals surface area contributed by atoms with Gasteiger partial charge in [0.2, 0.25) is 0 Å². The Hall–Kier alpha value is -0.157. The van der Waals surface area contributed by atoms with Gasteiger partial charge in [-0.1, -0.05) is 79.1 Å². The summed E-state index contributed by atoms with van der Waals surface area (Å²) in [5, 5.41) is 0. The minimum atomic E-state index is 0. The summed E-state index contributed by atoms with van der Waals surface area (Å²) in [4.78, 5) is 0. The maximum Gasteiger partial charge on any atom is 4.00 e. The largest absolute Gasteiger partial charge is 4.00 e. The Balaban J connectivity index is -0.000000308. The fourth-order valence-corrected chi connectivity index (χ4v) is 2.42. The van der Waals surface area contributed by atoms with Crippen molar-refractivity contribution in [2.75, 3.05) is 0 Å². The molecule has 2 aliphatic carbocycles. The third-order valence-corrected chi connectivity index (χ3v) is 3.72. The van der Waals surface area contributed by atoms with Gasteiger partial charge in [0.25, 0.3) is 0 Å². The maximum atomic E-state index is 3.37. The van der Waals surface area contributed by atoms with Crippen molar-refractivity contribution in [1.29, 1.82) is 0 Å². The molecular formula is C22H36Zr. The number of hydrogen-bond donors (Lipinski definition) is 0. The van der Waals surface area contributed by atoms with E-state index < -0.39 is 0 Å². The van der Waals surface area contributed by atoms with Crippen LogP contribution < -0.4 is 0 Å². The van der Waals surface area contributed by atoms with Crippen molar-refractivity contribution in [2.24, 2.45) is 0 Å². The van der Waals surface area contributed by atoms with Crippen molar-refractivity contribution < 1.29 is 26.2 Å². The van der Waals surface area contributed by atoms with Crippen molar-refractivity contribution in [3.8, 4) is 0 Å². The van der Waals surface area contributed by atoms with Crippen molar-refractivity contribution in [3.05, 3.63) is 61.4 Å². The van der Waals surface area contributed by atoms with E-state index in [2.05, 4.69) is 52.0 Å². The van der Waals surface area contributed by atoms with Crippen LogP contribution in [-0.4, -0.2) is 0 Å². The van der Waals surface area contributed by atoms with Crippen LogP contribution in [0.25, 0.3) is 0 Å². The summed E-state index contributed by atoms with van der Waals surface area (Å²) in [5.74, 6) is 0. The number of allylic oxidation sites excluding steroid dienone is 8. The van der Waals surface area contributed by atoms with Gasteiger partial charge in [0, 0.05) is 0 Å². The average Bonchev–Trinajstić information content (AvgIpc) is 3.03.